The number of carbonyl (C=O) groups excluding carboxylic acids is 1. The van der Waals surface area contributed by atoms with Crippen LogP contribution in [0, 0.1) is 0 Å². The molecule has 0 radical (unpaired) electrons. The Labute approximate surface area is 157 Å². The van der Waals surface area contributed by atoms with Crippen LogP contribution in [-0.4, -0.2) is 25.1 Å². The molecule has 2 aromatic rings. The lowest BCUT2D eigenvalue weighted by molar-refractivity contribution is -0.122. The predicted molar refractivity (Wildman–Crippen MR) is 103 cm³/mol. The van der Waals surface area contributed by atoms with Crippen LogP contribution in [0.2, 0.25) is 10.0 Å². The average Bonchev–Trinajstić information content (AvgIpc) is 3.12. The number of carbonyl (C=O) groups is 1. The van der Waals surface area contributed by atoms with Crippen LogP contribution in [-0.2, 0) is 4.79 Å². The maximum Gasteiger partial charge on any atom is 0.265 e. The van der Waals surface area contributed by atoms with Crippen molar-refractivity contribution in [2.45, 2.75) is 25.9 Å². The SMILES string of the molecule is CC(Oc1ccc(Cl)cc1Cl)C(=O)Nc1ccc(N2CCCC2)cc1. The van der Waals surface area contributed by atoms with E-state index in [9.17, 15) is 4.79 Å². The topological polar surface area (TPSA) is 41.6 Å². The Bertz CT molecular complexity index is 744. The maximum absolute atomic E-state index is 12.3. The summed E-state index contributed by atoms with van der Waals surface area (Å²) in [7, 11) is 0. The van der Waals surface area contributed by atoms with Crippen molar-refractivity contribution < 1.29 is 9.53 Å². The van der Waals surface area contributed by atoms with E-state index in [1.54, 1.807) is 25.1 Å². The highest BCUT2D eigenvalue weighted by molar-refractivity contribution is 6.35. The molecule has 1 aliphatic heterocycles. The van der Waals surface area contributed by atoms with E-state index in [2.05, 4.69) is 10.2 Å². The third-order valence-corrected chi connectivity index (χ3v) is 4.70. The van der Waals surface area contributed by atoms with Gasteiger partial charge in [-0.15, -0.1) is 0 Å². The van der Waals surface area contributed by atoms with Crippen molar-refractivity contribution in [1.82, 2.24) is 0 Å². The van der Waals surface area contributed by atoms with Crippen molar-refractivity contribution in [3.05, 3.63) is 52.5 Å². The lowest BCUT2D eigenvalue weighted by Crippen LogP contribution is -2.30. The summed E-state index contributed by atoms with van der Waals surface area (Å²) >= 11 is 11.9. The Morgan fingerprint density at radius 3 is 2.44 bits per heavy atom. The smallest absolute Gasteiger partial charge is 0.265 e. The molecule has 1 aliphatic rings. The van der Waals surface area contributed by atoms with Crippen LogP contribution < -0.4 is 15.0 Å². The van der Waals surface area contributed by atoms with Crippen molar-refractivity contribution in [3.8, 4) is 5.75 Å². The van der Waals surface area contributed by atoms with Gasteiger partial charge in [0.1, 0.15) is 5.75 Å². The zero-order valence-corrected chi connectivity index (χ0v) is 15.5. The molecular formula is C19H20Cl2N2O2. The highest BCUT2D eigenvalue weighted by Gasteiger charge is 2.17. The van der Waals surface area contributed by atoms with E-state index in [0.717, 1.165) is 18.8 Å². The number of ether oxygens (including phenoxy) is 1. The van der Waals surface area contributed by atoms with Gasteiger partial charge in [-0.3, -0.25) is 4.79 Å². The van der Waals surface area contributed by atoms with E-state index in [0.29, 0.717) is 15.8 Å². The maximum atomic E-state index is 12.3. The third kappa shape index (κ3) is 4.59. The predicted octanol–water partition coefficient (Wildman–Crippen LogP) is 5.00. The number of hydrogen-bond acceptors (Lipinski definition) is 3. The molecular weight excluding hydrogens is 359 g/mol. The number of amides is 1. The van der Waals surface area contributed by atoms with Crippen LogP contribution in [0.1, 0.15) is 19.8 Å². The van der Waals surface area contributed by atoms with Crippen LogP contribution in [0.3, 0.4) is 0 Å². The Morgan fingerprint density at radius 2 is 1.80 bits per heavy atom. The van der Waals surface area contributed by atoms with Gasteiger partial charge >= 0.3 is 0 Å². The van der Waals surface area contributed by atoms with Gasteiger partial charge in [0.2, 0.25) is 0 Å². The summed E-state index contributed by atoms with van der Waals surface area (Å²) in [6.07, 6.45) is 1.79. The fourth-order valence-corrected chi connectivity index (χ4v) is 3.24. The van der Waals surface area contributed by atoms with Crippen LogP contribution in [0.15, 0.2) is 42.5 Å². The molecule has 3 rings (SSSR count). The zero-order chi connectivity index (χ0) is 17.8. The lowest BCUT2D eigenvalue weighted by atomic mass is 10.2. The Hall–Kier alpha value is -1.91. The molecule has 0 aliphatic carbocycles. The van der Waals surface area contributed by atoms with E-state index in [4.69, 9.17) is 27.9 Å². The number of nitrogens with zero attached hydrogens (tertiary/aromatic N) is 1. The molecule has 25 heavy (non-hydrogen) atoms. The number of hydrogen-bond donors (Lipinski definition) is 1. The molecule has 1 heterocycles. The summed E-state index contributed by atoms with van der Waals surface area (Å²) in [6, 6.07) is 12.8. The minimum absolute atomic E-state index is 0.236. The fourth-order valence-electron chi connectivity index (χ4n) is 2.79. The zero-order valence-electron chi connectivity index (χ0n) is 14.0. The minimum Gasteiger partial charge on any atom is -0.479 e. The highest BCUT2D eigenvalue weighted by atomic mass is 35.5. The van der Waals surface area contributed by atoms with E-state index in [1.807, 2.05) is 24.3 Å². The Balaban J connectivity index is 1.59. The fraction of sp³-hybridized carbons (Fsp3) is 0.316. The first kappa shape index (κ1) is 17.9. The van der Waals surface area contributed by atoms with Gasteiger partial charge in [-0.05, 0) is 62.2 Å². The van der Waals surface area contributed by atoms with Crippen molar-refractivity contribution >= 4 is 40.5 Å². The van der Waals surface area contributed by atoms with E-state index in [1.165, 1.54) is 18.5 Å². The Kier molecular flexibility index (Phi) is 5.71. The second-order valence-corrected chi connectivity index (χ2v) is 6.91. The molecule has 0 bridgehead atoms. The molecule has 1 saturated heterocycles. The molecule has 1 amide bonds. The first-order valence-corrected chi connectivity index (χ1v) is 9.06. The number of nitrogens with one attached hydrogen (secondary N) is 1. The second-order valence-electron chi connectivity index (χ2n) is 6.07. The highest BCUT2D eigenvalue weighted by Crippen LogP contribution is 2.28. The quantitative estimate of drug-likeness (QED) is 0.795. The van der Waals surface area contributed by atoms with Crippen molar-refractivity contribution in [1.29, 1.82) is 0 Å². The third-order valence-electron chi connectivity index (χ3n) is 4.17. The molecule has 1 N–H and O–H groups in total. The summed E-state index contributed by atoms with van der Waals surface area (Å²) in [4.78, 5) is 14.7. The molecule has 0 spiro atoms. The molecule has 132 valence electrons. The van der Waals surface area contributed by atoms with Crippen molar-refractivity contribution in [3.63, 3.8) is 0 Å². The van der Waals surface area contributed by atoms with E-state index < -0.39 is 6.10 Å². The molecule has 2 aromatic carbocycles. The number of rotatable bonds is 5. The van der Waals surface area contributed by atoms with Gasteiger partial charge in [0.15, 0.2) is 6.10 Å². The summed E-state index contributed by atoms with van der Waals surface area (Å²) < 4.78 is 5.63. The van der Waals surface area contributed by atoms with Gasteiger partial charge < -0.3 is 15.0 Å². The molecule has 0 saturated carbocycles. The van der Waals surface area contributed by atoms with Crippen molar-refractivity contribution in [2.75, 3.05) is 23.3 Å². The number of benzene rings is 2. The van der Waals surface area contributed by atoms with Crippen LogP contribution >= 0.6 is 23.2 Å². The minimum atomic E-state index is -0.683. The molecule has 0 aromatic heterocycles. The summed E-state index contributed by atoms with van der Waals surface area (Å²) in [5.74, 6) is 0.193. The van der Waals surface area contributed by atoms with E-state index >= 15 is 0 Å². The van der Waals surface area contributed by atoms with Gasteiger partial charge in [0.25, 0.3) is 5.91 Å². The number of halogens is 2. The summed E-state index contributed by atoms with van der Waals surface area (Å²) in [5.41, 5.74) is 1.93. The van der Waals surface area contributed by atoms with Gasteiger partial charge in [0.05, 0.1) is 5.02 Å². The largest absolute Gasteiger partial charge is 0.479 e. The normalized spacial score (nSPS) is 15.1. The summed E-state index contributed by atoms with van der Waals surface area (Å²) in [5, 5.41) is 3.76. The van der Waals surface area contributed by atoms with Gasteiger partial charge in [0, 0.05) is 29.5 Å². The summed E-state index contributed by atoms with van der Waals surface area (Å²) in [6.45, 7) is 3.87. The molecule has 1 unspecified atom stereocenters. The first-order valence-electron chi connectivity index (χ1n) is 8.30. The number of anilines is 2. The molecule has 1 fully saturated rings. The standard InChI is InChI=1S/C19H20Cl2N2O2/c1-13(25-18-9-4-14(20)12-17(18)21)19(24)22-15-5-7-16(8-6-15)23-10-2-3-11-23/h4-9,12-13H,2-3,10-11H2,1H3,(H,22,24). The lowest BCUT2D eigenvalue weighted by Gasteiger charge is -2.18. The molecule has 6 heteroatoms. The van der Waals surface area contributed by atoms with Crippen LogP contribution in [0.25, 0.3) is 0 Å². The monoisotopic (exact) mass is 378 g/mol. The second kappa shape index (κ2) is 7.98. The molecule has 1 atom stereocenters. The molecule has 4 nitrogen and oxygen atoms in total. The Morgan fingerprint density at radius 1 is 1.12 bits per heavy atom. The van der Waals surface area contributed by atoms with Gasteiger partial charge in [-0.1, -0.05) is 23.2 Å². The van der Waals surface area contributed by atoms with Crippen molar-refractivity contribution in [2.24, 2.45) is 0 Å². The average molecular weight is 379 g/mol. The first-order chi connectivity index (χ1) is 12.0. The van der Waals surface area contributed by atoms with E-state index in [-0.39, 0.29) is 5.91 Å². The van der Waals surface area contributed by atoms with Crippen LogP contribution in [0.5, 0.6) is 5.75 Å². The van der Waals surface area contributed by atoms with Gasteiger partial charge in [-0.2, -0.15) is 0 Å². The van der Waals surface area contributed by atoms with Crippen LogP contribution in [0.4, 0.5) is 11.4 Å². The van der Waals surface area contributed by atoms with Gasteiger partial charge in [-0.25, -0.2) is 0 Å².